The molecule has 0 fully saturated rings. The van der Waals surface area contributed by atoms with E-state index in [1.165, 1.54) is 4.90 Å². The van der Waals surface area contributed by atoms with E-state index in [2.05, 4.69) is 15.9 Å². The molecule has 0 aliphatic heterocycles. The molecule has 6 nitrogen and oxygen atoms in total. The number of rotatable bonds is 9. The lowest BCUT2D eigenvalue weighted by atomic mass is 10.2. The van der Waals surface area contributed by atoms with E-state index in [1.807, 2.05) is 89.2 Å². The summed E-state index contributed by atoms with van der Waals surface area (Å²) in [4.78, 5) is 29.7. The monoisotopic (exact) mass is 530 g/mol. The van der Waals surface area contributed by atoms with Crippen LogP contribution in [0.2, 0.25) is 0 Å². The van der Waals surface area contributed by atoms with Crippen LogP contribution in [0.1, 0.15) is 45.7 Å². The Balaban J connectivity index is 2.27. The van der Waals surface area contributed by atoms with Crippen molar-refractivity contribution < 1.29 is 19.1 Å². The summed E-state index contributed by atoms with van der Waals surface area (Å²) in [5.74, 6) is 0.599. The van der Waals surface area contributed by atoms with Crippen LogP contribution in [-0.2, 0) is 22.6 Å². The summed E-state index contributed by atoms with van der Waals surface area (Å²) in [6.45, 7) is 10.5. The minimum absolute atomic E-state index is 0.0942. The Morgan fingerprint density at radius 3 is 2.18 bits per heavy atom. The minimum atomic E-state index is -0.670. The number of ether oxygens (including phenoxy) is 2. The number of hydrogen-bond donors (Lipinski definition) is 0. The quantitative estimate of drug-likeness (QED) is 0.362. The van der Waals surface area contributed by atoms with Gasteiger partial charge in [0.05, 0.1) is 13.7 Å². The first-order valence-corrected chi connectivity index (χ1v) is 12.0. The maximum absolute atomic E-state index is 13.4. The zero-order valence-electron chi connectivity index (χ0n) is 20.9. The largest absolute Gasteiger partial charge is 0.497 e. The fourth-order valence-electron chi connectivity index (χ4n) is 3.11. The van der Waals surface area contributed by atoms with Gasteiger partial charge in [-0.2, -0.15) is 0 Å². The number of hydrogen-bond acceptors (Lipinski definition) is 4. The van der Waals surface area contributed by atoms with Gasteiger partial charge >= 0.3 is 6.09 Å². The van der Waals surface area contributed by atoms with Crippen molar-refractivity contribution in [1.29, 1.82) is 0 Å². The van der Waals surface area contributed by atoms with Crippen molar-refractivity contribution in [3.05, 3.63) is 75.8 Å². The Morgan fingerprint density at radius 1 is 0.971 bits per heavy atom. The molecule has 0 unspecified atom stereocenters. The number of nitrogens with zero attached hydrogens (tertiary/aromatic N) is 2. The van der Waals surface area contributed by atoms with Gasteiger partial charge in [-0.25, -0.2) is 4.79 Å². The van der Waals surface area contributed by atoms with Gasteiger partial charge in [-0.05, 0) is 63.9 Å². The summed E-state index contributed by atoms with van der Waals surface area (Å²) >= 11 is 3.54. The van der Waals surface area contributed by atoms with Gasteiger partial charge in [0, 0.05) is 17.6 Å². The molecule has 0 saturated carbocycles. The second kappa shape index (κ2) is 12.6. The fourth-order valence-corrected chi connectivity index (χ4v) is 3.52. The van der Waals surface area contributed by atoms with E-state index in [0.29, 0.717) is 13.1 Å². The molecule has 0 bridgehead atoms. The lowest BCUT2D eigenvalue weighted by molar-refractivity contribution is -0.132. The second-order valence-electron chi connectivity index (χ2n) is 9.33. The lowest BCUT2D eigenvalue weighted by Crippen LogP contribution is -2.44. The van der Waals surface area contributed by atoms with Gasteiger partial charge in [0.2, 0.25) is 5.91 Å². The summed E-state index contributed by atoms with van der Waals surface area (Å²) in [5, 5.41) is 0. The average Bonchev–Trinajstić information content (AvgIpc) is 2.76. The van der Waals surface area contributed by atoms with Crippen LogP contribution < -0.4 is 4.74 Å². The van der Waals surface area contributed by atoms with Crippen LogP contribution >= 0.6 is 15.9 Å². The molecule has 7 heteroatoms. The zero-order valence-corrected chi connectivity index (χ0v) is 22.5. The van der Waals surface area contributed by atoms with E-state index in [-0.39, 0.29) is 19.0 Å². The molecule has 184 valence electrons. The Bertz CT molecular complexity index is 992. The third-order valence-corrected chi connectivity index (χ3v) is 5.68. The number of benzene rings is 2. The molecule has 0 aliphatic carbocycles. The highest BCUT2D eigenvalue weighted by Gasteiger charge is 2.26. The normalized spacial score (nSPS) is 10.9. The van der Waals surface area contributed by atoms with Gasteiger partial charge in [0.15, 0.2) is 0 Å². The molecule has 0 aliphatic rings. The van der Waals surface area contributed by atoms with Crippen LogP contribution in [0.25, 0.3) is 0 Å². The lowest BCUT2D eigenvalue weighted by Gasteiger charge is -2.30. The third kappa shape index (κ3) is 9.21. The predicted molar refractivity (Wildman–Crippen MR) is 139 cm³/mol. The Hall–Kier alpha value is -2.80. The van der Waals surface area contributed by atoms with Crippen molar-refractivity contribution in [3.63, 3.8) is 0 Å². The first kappa shape index (κ1) is 27.4. The van der Waals surface area contributed by atoms with Gasteiger partial charge in [-0.3, -0.25) is 9.69 Å². The highest BCUT2D eigenvalue weighted by Crippen LogP contribution is 2.20. The first-order chi connectivity index (χ1) is 16.0. The molecule has 2 aromatic carbocycles. The van der Waals surface area contributed by atoms with E-state index < -0.39 is 11.7 Å². The zero-order chi connectivity index (χ0) is 25.3. The number of halogens is 1. The third-order valence-electron chi connectivity index (χ3n) is 4.90. The van der Waals surface area contributed by atoms with Crippen molar-refractivity contribution in [3.8, 4) is 5.75 Å². The van der Waals surface area contributed by atoms with Gasteiger partial charge in [-0.1, -0.05) is 57.9 Å². The summed E-state index contributed by atoms with van der Waals surface area (Å²) in [5.41, 5.74) is 2.32. The standard InChI is InChI=1S/C27H35BrN2O4/c1-20(2)15-16-29(17-21-11-13-23(33-6)14-12-21)25(31)19-30(26(32)34-27(3,4)5)18-22-9-7-8-10-24(22)28/h7-15H,16-19H2,1-6H3. The van der Waals surface area contributed by atoms with Crippen molar-refractivity contribution in [2.45, 2.75) is 53.3 Å². The van der Waals surface area contributed by atoms with Crippen LogP contribution in [0.5, 0.6) is 5.75 Å². The molecule has 0 atom stereocenters. The molecule has 0 radical (unpaired) electrons. The molecule has 0 N–H and O–H groups in total. The number of allylic oxidation sites excluding steroid dienone is 1. The van der Waals surface area contributed by atoms with E-state index >= 15 is 0 Å². The van der Waals surface area contributed by atoms with Crippen molar-refractivity contribution in [1.82, 2.24) is 9.80 Å². The molecule has 2 rings (SSSR count). The molecule has 0 saturated heterocycles. The Morgan fingerprint density at radius 2 is 1.62 bits per heavy atom. The molecule has 0 aromatic heterocycles. The number of methoxy groups -OCH3 is 1. The summed E-state index contributed by atoms with van der Waals surface area (Å²) in [6, 6.07) is 15.3. The van der Waals surface area contributed by atoms with Crippen LogP contribution in [0.4, 0.5) is 4.79 Å². The van der Waals surface area contributed by atoms with E-state index in [0.717, 1.165) is 26.9 Å². The van der Waals surface area contributed by atoms with Gasteiger partial charge in [0.1, 0.15) is 17.9 Å². The molecular formula is C27H35BrN2O4. The van der Waals surface area contributed by atoms with Crippen LogP contribution in [0, 0.1) is 0 Å². The SMILES string of the molecule is COc1ccc(CN(CC=C(C)C)C(=O)CN(Cc2ccccc2Br)C(=O)OC(C)(C)C)cc1. The van der Waals surface area contributed by atoms with Gasteiger partial charge in [0.25, 0.3) is 0 Å². The highest BCUT2D eigenvalue weighted by molar-refractivity contribution is 9.10. The van der Waals surface area contributed by atoms with Crippen LogP contribution in [0.3, 0.4) is 0 Å². The van der Waals surface area contributed by atoms with Crippen LogP contribution in [-0.4, -0.2) is 47.6 Å². The topological polar surface area (TPSA) is 59.1 Å². The van der Waals surface area contributed by atoms with Crippen LogP contribution in [0.15, 0.2) is 64.7 Å². The van der Waals surface area contributed by atoms with Gasteiger partial charge < -0.3 is 14.4 Å². The summed E-state index contributed by atoms with van der Waals surface area (Å²) < 4.78 is 11.7. The molecular weight excluding hydrogens is 496 g/mol. The molecule has 0 heterocycles. The van der Waals surface area contributed by atoms with Crippen molar-refractivity contribution in [2.75, 3.05) is 20.2 Å². The second-order valence-corrected chi connectivity index (χ2v) is 10.2. The smallest absolute Gasteiger partial charge is 0.411 e. The molecule has 2 amide bonds. The number of amides is 2. The van der Waals surface area contributed by atoms with Crippen molar-refractivity contribution >= 4 is 27.9 Å². The molecule has 34 heavy (non-hydrogen) atoms. The van der Waals surface area contributed by atoms with Gasteiger partial charge in [-0.15, -0.1) is 0 Å². The van der Waals surface area contributed by atoms with E-state index in [1.54, 1.807) is 12.0 Å². The Labute approximate surface area is 211 Å². The van der Waals surface area contributed by atoms with E-state index in [9.17, 15) is 9.59 Å². The highest BCUT2D eigenvalue weighted by atomic mass is 79.9. The Kier molecular flexibility index (Phi) is 10.2. The molecule has 0 spiro atoms. The fraction of sp³-hybridized carbons (Fsp3) is 0.407. The summed E-state index contributed by atoms with van der Waals surface area (Å²) in [7, 11) is 1.62. The van der Waals surface area contributed by atoms with Crippen molar-refractivity contribution in [2.24, 2.45) is 0 Å². The number of carbonyl (C=O) groups excluding carboxylic acids is 2. The number of carbonyl (C=O) groups is 2. The predicted octanol–water partition coefficient (Wildman–Crippen LogP) is 6.19. The molecule has 2 aromatic rings. The minimum Gasteiger partial charge on any atom is -0.497 e. The maximum atomic E-state index is 13.4. The summed E-state index contributed by atoms with van der Waals surface area (Å²) in [6.07, 6.45) is 1.48. The first-order valence-electron chi connectivity index (χ1n) is 11.2. The maximum Gasteiger partial charge on any atom is 0.411 e. The average molecular weight is 531 g/mol. The van der Waals surface area contributed by atoms with E-state index in [4.69, 9.17) is 9.47 Å².